The van der Waals surface area contributed by atoms with Crippen LogP contribution in [0.1, 0.15) is 18.2 Å². The summed E-state index contributed by atoms with van der Waals surface area (Å²) in [6.07, 6.45) is 3.77. The standard InChI is InChI=1S/C15H14N2O/c1-2-17-14-8-4-3-7-12(14)13(15(17)18)10-11-6-5-9-16-11/h3-10,16H,2H2,1H3. The smallest absolute Gasteiger partial charge is 0.259 e. The molecule has 1 aliphatic rings. The average Bonchev–Trinajstić information content (AvgIpc) is 2.98. The van der Waals surface area contributed by atoms with E-state index in [2.05, 4.69) is 4.98 Å². The third kappa shape index (κ3) is 1.56. The second-order valence-electron chi connectivity index (χ2n) is 4.25. The summed E-state index contributed by atoms with van der Waals surface area (Å²) >= 11 is 0. The van der Waals surface area contributed by atoms with Gasteiger partial charge in [0.15, 0.2) is 0 Å². The highest BCUT2D eigenvalue weighted by Crippen LogP contribution is 2.37. The maximum atomic E-state index is 12.4. The molecule has 2 aromatic rings. The van der Waals surface area contributed by atoms with Gasteiger partial charge in [-0.2, -0.15) is 0 Å². The molecule has 0 bridgehead atoms. The summed E-state index contributed by atoms with van der Waals surface area (Å²) in [5.74, 6) is 0.0771. The van der Waals surface area contributed by atoms with Gasteiger partial charge in [0.25, 0.3) is 5.91 Å². The molecule has 3 nitrogen and oxygen atoms in total. The number of likely N-dealkylation sites (N-methyl/N-ethyl adjacent to an activating group) is 1. The largest absolute Gasteiger partial charge is 0.362 e. The zero-order chi connectivity index (χ0) is 12.5. The molecule has 1 amide bonds. The molecule has 90 valence electrons. The number of aromatic nitrogens is 1. The Bertz CT molecular complexity index is 611. The van der Waals surface area contributed by atoms with E-state index < -0.39 is 0 Å². The van der Waals surface area contributed by atoms with Crippen LogP contribution in [0.4, 0.5) is 5.69 Å². The predicted molar refractivity (Wildman–Crippen MR) is 73.1 cm³/mol. The Morgan fingerprint density at radius 1 is 1.22 bits per heavy atom. The monoisotopic (exact) mass is 238 g/mol. The number of fused-ring (bicyclic) bond motifs is 1. The van der Waals surface area contributed by atoms with E-state index in [0.29, 0.717) is 6.54 Å². The van der Waals surface area contributed by atoms with Gasteiger partial charge in [0.2, 0.25) is 0 Å². The van der Waals surface area contributed by atoms with E-state index in [1.54, 1.807) is 0 Å². The third-order valence-electron chi connectivity index (χ3n) is 3.20. The summed E-state index contributed by atoms with van der Waals surface area (Å²) < 4.78 is 0. The Hall–Kier alpha value is -2.29. The molecule has 0 saturated heterocycles. The van der Waals surface area contributed by atoms with Crippen molar-refractivity contribution in [1.29, 1.82) is 0 Å². The first-order valence-electron chi connectivity index (χ1n) is 6.07. The second-order valence-corrected chi connectivity index (χ2v) is 4.25. The van der Waals surface area contributed by atoms with E-state index in [1.807, 2.05) is 60.5 Å². The minimum Gasteiger partial charge on any atom is -0.362 e. The number of rotatable bonds is 2. The number of hydrogen-bond acceptors (Lipinski definition) is 1. The van der Waals surface area contributed by atoms with E-state index >= 15 is 0 Å². The Balaban J connectivity index is 2.14. The summed E-state index contributed by atoms with van der Waals surface area (Å²) in [6, 6.07) is 11.8. The van der Waals surface area contributed by atoms with Crippen molar-refractivity contribution in [2.75, 3.05) is 11.4 Å². The van der Waals surface area contributed by atoms with Crippen molar-refractivity contribution in [1.82, 2.24) is 4.98 Å². The zero-order valence-corrected chi connectivity index (χ0v) is 10.2. The number of benzene rings is 1. The molecule has 0 spiro atoms. The van der Waals surface area contributed by atoms with Gasteiger partial charge in [0.05, 0.1) is 11.3 Å². The molecule has 1 aromatic carbocycles. The van der Waals surface area contributed by atoms with Gasteiger partial charge in [-0.05, 0) is 31.2 Å². The van der Waals surface area contributed by atoms with Gasteiger partial charge in [0.1, 0.15) is 0 Å². The van der Waals surface area contributed by atoms with Gasteiger partial charge >= 0.3 is 0 Å². The van der Waals surface area contributed by atoms with Crippen LogP contribution in [0, 0.1) is 0 Å². The fourth-order valence-electron chi connectivity index (χ4n) is 2.35. The molecule has 1 aromatic heterocycles. The van der Waals surface area contributed by atoms with Crippen LogP contribution >= 0.6 is 0 Å². The Kier molecular flexibility index (Phi) is 2.52. The van der Waals surface area contributed by atoms with E-state index in [-0.39, 0.29) is 5.91 Å². The number of carbonyl (C=O) groups excluding carboxylic acids is 1. The lowest BCUT2D eigenvalue weighted by molar-refractivity contribution is -0.112. The van der Waals surface area contributed by atoms with Crippen LogP contribution in [0.15, 0.2) is 42.6 Å². The van der Waals surface area contributed by atoms with Crippen LogP contribution in [0.2, 0.25) is 0 Å². The highest BCUT2D eigenvalue weighted by atomic mass is 16.2. The van der Waals surface area contributed by atoms with Crippen LogP contribution < -0.4 is 4.90 Å². The van der Waals surface area contributed by atoms with Crippen molar-refractivity contribution in [3.8, 4) is 0 Å². The number of nitrogens with one attached hydrogen (secondary N) is 1. The topological polar surface area (TPSA) is 36.1 Å². The van der Waals surface area contributed by atoms with Crippen LogP contribution in [0.25, 0.3) is 11.6 Å². The Morgan fingerprint density at radius 2 is 2.06 bits per heavy atom. The molecule has 0 radical (unpaired) electrons. The lowest BCUT2D eigenvalue weighted by Crippen LogP contribution is -2.25. The van der Waals surface area contributed by atoms with Gasteiger partial charge in [-0.25, -0.2) is 0 Å². The number of nitrogens with zero attached hydrogens (tertiary/aromatic N) is 1. The number of hydrogen-bond donors (Lipinski definition) is 1. The highest BCUT2D eigenvalue weighted by Gasteiger charge is 2.30. The maximum Gasteiger partial charge on any atom is 0.259 e. The SMILES string of the molecule is CCN1C(=O)C(=Cc2ccc[nH]2)c2ccccc21. The van der Waals surface area contributed by atoms with Crippen LogP contribution in [-0.4, -0.2) is 17.4 Å². The Morgan fingerprint density at radius 3 is 2.78 bits per heavy atom. The van der Waals surface area contributed by atoms with Gasteiger partial charge in [-0.3, -0.25) is 4.79 Å². The van der Waals surface area contributed by atoms with Crippen molar-refractivity contribution in [2.45, 2.75) is 6.92 Å². The first-order chi connectivity index (χ1) is 8.81. The molecule has 0 saturated carbocycles. The Labute approximate surface area is 106 Å². The summed E-state index contributed by atoms with van der Waals surface area (Å²) in [5, 5.41) is 0. The van der Waals surface area contributed by atoms with Crippen molar-refractivity contribution in [3.05, 3.63) is 53.9 Å². The number of para-hydroxylation sites is 1. The van der Waals surface area contributed by atoms with Crippen molar-refractivity contribution < 1.29 is 4.79 Å². The van der Waals surface area contributed by atoms with E-state index in [4.69, 9.17) is 0 Å². The van der Waals surface area contributed by atoms with Crippen LogP contribution in [0.5, 0.6) is 0 Å². The van der Waals surface area contributed by atoms with Crippen molar-refractivity contribution >= 4 is 23.2 Å². The van der Waals surface area contributed by atoms with E-state index in [9.17, 15) is 4.79 Å². The number of carbonyl (C=O) groups is 1. The fourth-order valence-corrected chi connectivity index (χ4v) is 2.35. The molecule has 0 unspecified atom stereocenters. The molecular formula is C15H14N2O. The van der Waals surface area contributed by atoms with Crippen LogP contribution in [-0.2, 0) is 4.79 Å². The third-order valence-corrected chi connectivity index (χ3v) is 3.20. The summed E-state index contributed by atoms with van der Waals surface area (Å²) in [7, 11) is 0. The first-order valence-corrected chi connectivity index (χ1v) is 6.07. The number of H-pyrrole nitrogens is 1. The van der Waals surface area contributed by atoms with Crippen molar-refractivity contribution in [3.63, 3.8) is 0 Å². The van der Waals surface area contributed by atoms with Gasteiger partial charge in [0, 0.05) is 24.0 Å². The number of anilines is 1. The molecule has 1 N–H and O–H groups in total. The molecule has 3 heteroatoms. The minimum absolute atomic E-state index is 0.0771. The lowest BCUT2D eigenvalue weighted by atomic mass is 10.1. The average molecular weight is 238 g/mol. The molecule has 1 aliphatic heterocycles. The second kappa shape index (κ2) is 4.18. The minimum atomic E-state index is 0.0771. The normalized spacial score (nSPS) is 16.4. The fraction of sp³-hybridized carbons (Fsp3) is 0.133. The lowest BCUT2D eigenvalue weighted by Gasteiger charge is -2.13. The zero-order valence-electron chi connectivity index (χ0n) is 10.2. The molecule has 0 fully saturated rings. The van der Waals surface area contributed by atoms with Gasteiger partial charge in [-0.1, -0.05) is 18.2 Å². The van der Waals surface area contributed by atoms with Gasteiger partial charge in [-0.15, -0.1) is 0 Å². The van der Waals surface area contributed by atoms with Crippen LogP contribution in [0.3, 0.4) is 0 Å². The van der Waals surface area contributed by atoms with Gasteiger partial charge < -0.3 is 9.88 Å². The summed E-state index contributed by atoms with van der Waals surface area (Å²) in [5.41, 5.74) is 3.72. The molecule has 2 heterocycles. The molecule has 0 atom stereocenters. The van der Waals surface area contributed by atoms with E-state index in [1.165, 1.54) is 0 Å². The predicted octanol–water partition coefficient (Wildman–Crippen LogP) is 2.92. The van der Waals surface area contributed by atoms with Crippen molar-refractivity contribution in [2.24, 2.45) is 0 Å². The summed E-state index contributed by atoms with van der Waals surface area (Å²) in [6.45, 7) is 2.68. The summed E-state index contributed by atoms with van der Waals surface area (Å²) in [4.78, 5) is 17.3. The molecule has 18 heavy (non-hydrogen) atoms. The molecule has 0 aliphatic carbocycles. The quantitative estimate of drug-likeness (QED) is 0.802. The number of aromatic amines is 1. The van der Waals surface area contributed by atoms with E-state index in [0.717, 1.165) is 22.5 Å². The number of amides is 1. The maximum absolute atomic E-state index is 12.4. The molecule has 3 rings (SSSR count). The first kappa shape index (κ1) is 10.8. The highest BCUT2D eigenvalue weighted by molar-refractivity contribution is 6.35. The molecular weight excluding hydrogens is 224 g/mol.